The van der Waals surface area contributed by atoms with Crippen LogP contribution >= 0.6 is 23.2 Å². The van der Waals surface area contributed by atoms with E-state index < -0.39 is 0 Å². The maximum Gasteiger partial charge on any atom is 0.180 e. The zero-order valence-corrected chi connectivity index (χ0v) is 14.5. The van der Waals surface area contributed by atoms with Gasteiger partial charge in [0.05, 0.1) is 12.1 Å². The summed E-state index contributed by atoms with van der Waals surface area (Å²) < 4.78 is 11.3. The molecule has 0 aromatic heterocycles. The highest BCUT2D eigenvalue weighted by atomic mass is 35.5. The fourth-order valence-corrected chi connectivity index (χ4v) is 2.71. The predicted molar refractivity (Wildman–Crippen MR) is 93.6 cm³/mol. The lowest BCUT2D eigenvalue weighted by molar-refractivity contribution is 0.284. The molecule has 0 amide bonds. The van der Waals surface area contributed by atoms with Crippen molar-refractivity contribution in [1.82, 2.24) is 5.32 Å². The molecule has 1 saturated carbocycles. The van der Waals surface area contributed by atoms with E-state index in [4.69, 9.17) is 32.7 Å². The summed E-state index contributed by atoms with van der Waals surface area (Å²) in [7, 11) is 1.62. The maximum atomic E-state index is 6.38. The number of nitrogens with one attached hydrogen (secondary N) is 1. The van der Waals surface area contributed by atoms with Gasteiger partial charge >= 0.3 is 0 Å². The highest BCUT2D eigenvalue weighted by Crippen LogP contribution is 2.37. The third-order valence-electron chi connectivity index (χ3n) is 3.76. The topological polar surface area (TPSA) is 30.5 Å². The Hall–Kier alpha value is -1.42. The van der Waals surface area contributed by atoms with Crippen LogP contribution in [0.15, 0.2) is 36.4 Å². The van der Waals surface area contributed by atoms with Crippen LogP contribution in [0, 0.1) is 0 Å². The summed E-state index contributed by atoms with van der Waals surface area (Å²) in [5, 5.41) is 4.73. The van der Waals surface area contributed by atoms with Gasteiger partial charge in [0.25, 0.3) is 0 Å². The monoisotopic (exact) mass is 351 g/mol. The first-order valence-electron chi connectivity index (χ1n) is 7.63. The van der Waals surface area contributed by atoms with Crippen molar-refractivity contribution < 1.29 is 9.47 Å². The number of halogens is 2. The Morgan fingerprint density at radius 2 is 1.83 bits per heavy atom. The molecule has 0 unspecified atom stereocenters. The maximum absolute atomic E-state index is 6.38. The Morgan fingerprint density at radius 3 is 2.48 bits per heavy atom. The van der Waals surface area contributed by atoms with Crippen LogP contribution in [0.25, 0.3) is 0 Å². The van der Waals surface area contributed by atoms with E-state index in [-0.39, 0.29) is 0 Å². The van der Waals surface area contributed by atoms with Crippen LogP contribution in [0.2, 0.25) is 10.0 Å². The van der Waals surface area contributed by atoms with Gasteiger partial charge in [0.15, 0.2) is 11.5 Å². The molecule has 2 aromatic carbocycles. The smallest absolute Gasteiger partial charge is 0.180 e. The Labute approximate surface area is 146 Å². The zero-order chi connectivity index (χ0) is 16.2. The SMILES string of the molecule is COc1cc(CNC2CC2)cc(Cl)c1OCc1ccc(Cl)cc1. The minimum absolute atomic E-state index is 0.410. The molecule has 2 aromatic rings. The van der Waals surface area contributed by atoms with Gasteiger partial charge in [-0.3, -0.25) is 0 Å². The summed E-state index contributed by atoms with van der Waals surface area (Å²) in [6, 6.07) is 12.1. The van der Waals surface area contributed by atoms with Gasteiger partial charge < -0.3 is 14.8 Å². The minimum Gasteiger partial charge on any atom is -0.493 e. The van der Waals surface area contributed by atoms with Gasteiger partial charge in [-0.15, -0.1) is 0 Å². The van der Waals surface area contributed by atoms with E-state index in [0.29, 0.717) is 34.2 Å². The molecule has 5 heteroatoms. The minimum atomic E-state index is 0.410. The van der Waals surface area contributed by atoms with Crippen LogP contribution in [0.3, 0.4) is 0 Å². The van der Waals surface area contributed by atoms with Gasteiger partial charge in [0, 0.05) is 17.6 Å². The second-order valence-electron chi connectivity index (χ2n) is 5.68. The molecule has 0 saturated heterocycles. The molecule has 0 bridgehead atoms. The molecule has 0 spiro atoms. The molecule has 0 radical (unpaired) electrons. The molecule has 0 aliphatic heterocycles. The number of hydrogen-bond donors (Lipinski definition) is 1. The third kappa shape index (κ3) is 4.54. The molecule has 23 heavy (non-hydrogen) atoms. The largest absolute Gasteiger partial charge is 0.493 e. The van der Waals surface area contributed by atoms with Crippen molar-refractivity contribution in [2.75, 3.05) is 7.11 Å². The molecule has 0 heterocycles. The summed E-state index contributed by atoms with van der Waals surface area (Å²) in [6.07, 6.45) is 2.51. The Morgan fingerprint density at radius 1 is 1.09 bits per heavy atom. The van der Waals surface area contributed by atoms with Crippen molar-refractivity contribution in [3.05, 3.63) is 57.6 Å². The normalized spacial score (nSPS) is 13.9. The molecular formula is C18H19Cl2NO2. The van der Waals surface area contributed by atoms with E-state index in [1.165, 1.54) is 12.8 Å². The number of ether oxygens (including phenoxy) is 2. The first-order valence-corrected chi connectivity index (χ1v) is 8.38. The quantitative estimate of drug-likeness (QED) is 0.774. The molecule has 3 rings (SSSR count). The van der Waals surface area contributed by atoms with Gasteiger partial charge in [-0.1, -0.05) is 35.3 Å². The van der Waals surface area contributed by atoms with Gasteiger partial charge in [0.1, 0.15) is 6.61 Å². The van der Waals surface area contributed by atoms with Crippen molar-refractivity contribution in [3.8, 4) is 11.5 Å². The van der Waals surface area contributed by atoms with Crippen LogP contribution in [0.4, 0.5) is 0 Å². The predicted octanol–water partition coefficient (Wildman–Crippen LogP) is 4.83. The van der Waals surface area contributed by atoms with Crippen molar-refractivity contribution in [3.63, 3.8) is 0 Å². The number of rotatable bonds is 7. The van der Waals surface area contributed by atoms with Crippen LogP contribution in [0.5, 0.6) is 11.5 Å². The summed E-state index contributed by atoms with van der Waals surface area (Å²) in [6.45, 7) is 1.20. The van der Waals surface area contributed by atoms with E-state index in [1.54, 1.807) is 7.11 Å². The molecule has 3 nitrogen and oxygen atoms in total. The number of hydrogen-bond acceptors (Lipinski definition) is 3. The van der Waals surface area contributed by atoms with Crippen molar-refractivity contribution in [1.29, 1.82) is 0 Å². The molecular weight excluding hydrogens is 333 g/mol. The lowest BCUT2D eigenvalue weighted by Gasteiger charge is -2.14. The fraction of sp³-hybridized carbons (Fsp3) is 0.333. The molecule has 122 valence electrons. The summed E-state index contributed by atoms with van der Waals surface area (Å²) in [4.78, 5) is 0. The Balaban J connectivity index is 1.70. The lowest BCUT2D eigenvalue weighted by atomic mass is 10.2. The van der Waals surface area contributed by atoms with E-state index in [1.807, 2.05) is 36.4 Å². The molecule has 1 aliphatic carbocycles. The second-order valence-corrected chi connectivity index (χ2v) is 6.52. The highest BCUT2D eigenvalue weighted by molar-refractivity contribution is 6.32. The molecule has 1 N–H and O–H groups in total. The first kappa shape index (κ1) is 16.4. The Kier molecular flexibility index (Phi) is 5.31. The molecule has 0 atom stereocenters. The Bertz CT molecular complexity index is 669. The standard InChI is InChI=1S/C18H19Cl2NO2/c1-22-17-9-13(10-21-15-6-7-15)8-16(20)18(17)23-11-12-2-4-14(19)5-3-12/h2-5,8-9,15,21H,6-7,10-11H2,1H3. The van der Waals surface area contributed by atoms with Crippen LogP contribution < -0.4 is 14.8 Å². The second kappa shape index (κ2) is 7.43. The van der Waals surface area contributed by atoms with E-state index >= 15 is 0 Å². The zero-order valence-electron chi connectivity index (χ0n) is 12.9. The van der Waals surface area contributed by atoms with E-state index in [2.05, 4.69) is 5.32 Å². The average molecular weight is 352 g/mol. The van der Waals surface area contributed by atoms with Crippen molar-refractivity contribution >= 4 is 23.2 Å². The molecule has 1 aliphatic rings. The summed E-state index contributed by atoms with van der Waals surface area (Å²) >= 11 is 12.3. The highest BCUT2D eigenvalue weighted by Gasteiger charge is 2.20. The average Bonchev–Trinajstić information content (AvgIpc) is 3.37. The lowest BCUT2D eigenvalue weighted by Crippen LogP contribution is -2.15. The summed E-state index contributed by atoms with van der Waals surface area (Å²) in [5.74, 6) is 1.22. The van der Waals surface area contributed by atoms with Crippen molar-refractivity contribution in [2.45, 2.75) is 32.0 Å². The van der Waals surface area contributed by atoms with Gasteiger partial charge in [-0.05, 0) is 48.2 Å². The fourth-order valence-electron chi connectivity index (χ4n) is 2.30. The number of methoxy groups -OCH3 is 1. The third-order valence-corrected chi connectivity index (χ3v) is 4.29. The molecule has 1 fully saturated rings. The van der Waals surface area contributed by atoms with Crippen LogP contribution in [-0.2, 0) is 13.2 Å². The van der Waals surface area contributed by atoms with Crippen LogP contribution in [0.1, 0.15) is 24.0 Å². The van der Waals surface area contributed by atoms with Crippen molar-refractivity contribution in [2.24, 2.45) is 0 Å². The number of benzene rings is 2. The van der Waals surface area contributed by atoms with E-state index in [0.717, 1.165) is 17.7 Å². The van der Waals surface area contributed by atoms with Gasteiger partial charge in [0.2, 0.25) is 0 Å². The van der Waals surface area contributed by atoms with Gasteiger partial charge in [-0.25, -0.2) is 0 Å². The first-order chi connectivity index (χ1) is 11.2. The van der Waals surface area contributed by atoms with E-state index in [9.17, 15) is 0 Å². The summed E-state index contributed by atoms with van der Waals surface area (Å²) in [5.41, 5.74) is 2.12. The van der Waals surface area contributed by atoms with Gasteiger partial charge in [-0.2, -0.15) is 0 Å². The van der Waals surface area contributed by atoms with Crippen LogP contribution in [-0.4, -0.2) is 13.2 Å².